The highest BCUT2D eigenvalue weighted by Gasteiger charge is 2.11. The minimum atomic E-state index is -0.337. The summed E-state index contributed by atoms with van der Waals surface area (Å²) in [4.78, 5) is 28.0. The van der Waals surface area contributed by atoms with E-state index in [0.29, 0.717) is 27.9 Å². The first-order chi connectivity index (χ1) is 12.4. The fraction of sp³-hybridized carbons (Fsp3) is 0.167. The molecule has 0 saturated carbocycles. The average Bonchev–Trinajstić information content (AvgIpc) is 2.97. The minimum Gasteiger partial charge on any atom is -0.428 e. The van der Waals surface area contributed by atoms with Crippen molar-refractivity contribution in [3.63, 3.8) is 0 Å². The second-order valence-electron chi connectivity index (χ2n) is 5.67. The van der Waals surface area contributed by atoms with E-state index in [1.807, 2.05) is 0 Å². The molecule has 2 aromatic carbocycles. The lowest BCUT2D eigenvalue weighted by molar-refractivity contribution is -0.116. The molecule has 2 N–H and O–H groups in total. The maximum absolute atomic E-state index is 13.2. The number of aryl methyl sites for hydroxylation is 1. The van der Waals surface area contributed by atoms with Gasteiger partial charge in [0, 0.05) is 24.2 Å². The third kappa shape index (κ3) is 4.18. The van der Waals surface area contributed by atoms with Gasteiger partial charge >= 0.3 is 0 Å². The fourth-order valence-corrected chi connectivity index (χ4v) is 2.55. The summed E-state index contributed by atoms with van der Waals surface area (Å²) in [6.45, 7) is 1.77. The molecule has 134 valence electrons. The van der Waals surface area contributed by atoms with Gasteiger partial charge in [-0.25, -0.2) is 4.39 Å². The number of carbonyl (C=O) groups is 2. The van der Waals surface area contributed by atoms with Crippen molar-refractivity contribution in [2.45, 2.75) is 13.3 Å². The van der Waals surface area contributed by atoms with E-state index in [9.17, 15) is 14.0 Å². The van der Waals surface area contributed by atoms with Crippen LogP contribution in [0.3, 0.4) is 0 Å². The summed E-state index contributed by atoms with van der Waals surface area (Å²) < 4.78 is 18.3. The van der Waals surface area contributed by atoms with Gasteiger partial charge < -0.3 is 15.1 Å². The Morgan fingerprint density at radius 3 is 2.81 bits per heavy atom. The molecular weight excluding hydrogens is 361 g/mol. The minimum absolute atomic E-state index is 0.00487. The molecule has 0 bridgehead atoms. The summed E-state index contributed by atoms with van der Waals surface area (Å²) in [5, 5.41) is 5.32. The Bertz CT molecular complexity index is 987. The number of anilines is 1. The molecule has 0 fully saturated rings. The second kappa shape index (κ2) is 7.53. The van der Waals surface area contributed by atoms with Crippen LogP contribution in [0.2, 0.25) is 5.35 Å². The highest BCUT2D eigenvalue weighted by atomic mass is 35.5. The summed E-state index contributed by atoms with van der Waals surface area (Å²) in [6.07, 6.45) is 0.0835. The first-order valence-corrected chi connectivity index (χ1v) is 8.20. The maximum Gasteiger partial charge on any atom is 0.293 e. The number of hydrogen-bond donors (Lipinski definition) is 2. The van der Waals surface area contributed by atoms with E-state index in [1.165, 1.54) is 12.1 Å². The molecule has 0 spiro atoms. The van der Waals surface area contributed by atoms with Crippen molar-refractivity contribution < 1.29 is 18.4 Å². The molecule has 1 heterocycles. The Kier molecular flexibility index (Phi) is 5.18. The molecule has 0 atom stereocenters. The number of benzene rings is 2. The SMILES string of the molecule is Cc1cc(NC(=O)CCNC(=O)c2ccc3oc(Cl)nc3c2)ccc1F. The molecular formula is C18H15ClFN3O3. The van der Waals surface area contributed by atoms with Crippen LogP contribution >= 0.6 is 11.6 Å². The van der Waals surface area contributed by atoms with E-state index >= 15 is 0 Å². The zero-order valence-corrected chi connectivity index (χ0v) is 14.6. The molecule has 2 amide bonds. The molecule has 0 aliphatic rings. The number of oxazole rings is 1. The highest BCUT2D eigenvalue weighted by Crippen LogP contribution is 2.20. The lowest BCUT2D eigenvalue weighted by Crippen LogP contribution is -2.27. The number of hydrogen-bond acceptors (Lipinski definition) is 4. The number of aromatic nitrogens is 1. The van der Waals surface area contributed by atoms with Crippen LogP contribution in [-0.4, -0.2) is 23.3 Å². The van der Waals surface area contributed by atoms with Gasteiger partial charge in [0.2, 0.25) is 5.91 Å². The standard InChI is InChI=1S/C18H15ClFN3O3/c1-10-8-12(3-4-13(10)20)22-16(24)6-7-21-17(25)11-2-5-15-14(9-11)23-18(19)26-15/h2-5,8-9H,6-7H2,1H3,(H,21,25)(H,22,24). The van der Waals surface area contributed by atoms with E-state index < -0.39 is 0 Å². The van der Waals surface area contributed by atoms with Crippen molar-refractivity contribution >= 4 is 40.2 Å². The molecule has 3 aromatic rings. The number of amides is 2. The lowest BCUT2D eigenvalue weighted by atomic mass is 10.2. The molecule has 0 aliphatic heterocycles. The summed E-state index contributed by atoms with van der Waals surface area (Å²) >= 11 is 5.67. The van der Waals surface area contributed by atoms with E-state index in [0.717, 1.165) is 0 Å². The fourth-order valence-electron chi connectivity index (χ4n) is 2.38. The van der Waals surface area contributed by atoms with E-state index in [1.54, 1.807) is 31.2 Å². The van der Waals surface area contributed by atoms with Gasteiger partial charge in [0.25, 0.3) is 11.3 Å². The van der Waals surface area contributed by atoms with Gasteiger partial charge in [-0.3, -0.25) is 9.59 Å². The van der Waals surface area contributed by atoms with Gasteiger partial charge in [-0.15, -0.1) is 0 Å². The summed E-state index contributed by atoms with van der Waals surface area (Å²) in [6, 6.07) is 9.06. The summed E-state index contributed by atoms with van der Waals surface area (Å²) in [7, 11) is 0. The van der Waals surface area contributed by atoms with Crippen LogP contribution < -0.4 is 10.6 Å². The topological polar surface area (TPSA) is 84.2 Å². The smallest absolute Gasteiger partial charge is 0.293 e. The highest BCUT2D eigenvalue weighted by molar-refractivity contribution is 6.28. The Morgan fingerprint density at radius 2 is 2.04 bits per heavy atom. The van der Waals surface area contributed by atoms with Gasteiger partial charge in [-0.2, -0.15) is 4.98 Å². The van der Waals surface area contributed by atoms with Crippen LogP contribution in [0.4, 0.5) is 10.1 Å². The molecule has 0 saturated heterocycles. The first-order valence-electron chi connectivity index (χ1n) is 7.82. The van der Waals surface area contributed by atoms with E-state index in [2.05, 4.69) is 15.6 Å². The average molecular weight is 376 g/mol. The quantitative estimate of drug-likeness (QED) is 0.712. The van der Waals surface area contributed by atoms with Gasteiger partial charge in [0.05, 0.1) is 0 Å². The molecule has 0 aliphatic carbocycles. The molecule has 8 heteroatoms. The number of nitrogens with zero attached hydrogens (tertiary/aromatic N) is 1. The van der Waals surface area contributed by atoms with Gasteiger partial charge in [-0.1, -0.05) is 0 Å². The zero-order chi connectivity index (χ0) is 18.7. The molecule has 6 nitrogen and oxygen atoms in total. The van der Waals surface area contributed by atoms with Crippen molar-refractivity contribution in [2.75, 3.05) is 11.9 Å². The maximum atomic E-state index is 13.2. The Labute approximate surface area is 153 Å². The van der Waals surface area contributed by atoms with Crippen LogP contribution in [0, 0.1) is 12.7 Å². The monoisotopic (exact) mass is 375 g/mol. The van der Waals surface area contributed by atoms with E-state index in [-0.39, 0.29) is 35.9 Å². The summed E-state index contributed by atoms with van der Waals surface area (Å²) in [5.41, 5.74) is 2.30. The van der Waals surface area contributed by atoms with Gasteiger partial charge in [0.15, 0.2) is 5.58 Å². The Hall–Kier alpha value is -2.93. The third-order valence-corrected chi connectivity index (χ3v) is 3.86. The van der Waals surface area contributed by atoms with Crippen LogP contribution in [0.1, 0.15) is 22.3 Å². The Morgan fingerprint density at radius 1 is 1.23 bits per heavy atom. The van der Waals surface area contributed by atoms with Crippen LogP contribution in [0.25, 0.3) is 11.1 Å². The number of nitrogens with one attached hydrogen (secondary N) is 2. The van der Waals surface area contributed by atoms with Crippen LogP contribution in [0.15, 0.2) is 40.8 Å². The molecule has 1 aromatic heterocycles. The molecule has 0 radical (unpaired) electrons. The van der Waals surface area contributed by atoms with Gasteiger partial charge in [-0.05, 0) is 60.5 Å². The number of carbonyl (C=O) groups excluding carboxylic acids is 2. The third-order valence-electron chi connectivity index (χ3n) is 3.70. The van der Waals surface area contributed by atoms with Crippen molar-refractivity contribution in [3.05, 3.63) is 58.7 Å². The second-order valence-corrected chi connectivity index (χ2v) is 5.99. The molecule has 26 heavy (non-hydrogen) atoms. The van der Waals surface area contributed by atoms with Crippen molar-refractivity contribution in [3.8, 4) is 0 Å². The zero-order valence-electron chi connectivity index (χ0n) is 13.8. The Balaban J connectivity index is 1.52. The predicted octanol–water partition coefficient (Wildman–Crippen LogP) is 3.69. The van der Waals surface area contributed by atoms with Crippen molar-refractivity contribution in [2.24, 2.45) is 0 Å². The first kappa shape index (κ1) is 17.9. The van der Waals surface area contributed by atoms with Crippen molar-refractivity contribution in [1.29, 1.82) is 0 Å². The number of fused-ring (bicyclic) bond motifs is 1. The largest absolute Gasteiger partial charge is 0.428 e. The number of rotatable bonds is 5. The van der Waals surface area contributed by atoms with Crippen LogP contribution in [0.5, 0.6) is 0 Å². The molecule has 3 rings (SSSR count). The van der Waals surface area contributed by atoms with E-state index in [4.69, 9.17) is 16.0 Å². The van der Waals surface area contributed by atoms with Crippen molar-refractivity contribution in [1.82, 2.24) is 10.3 Å². The normalized spacial score (nSPS) is 10.7. The molecule has 0 unspecified atom stereocenters. The number of halogens is 2. The van der Waals surface area contributed by atoms with Crippen LogP contribution in [-0.2, 0) is 4.79 Å². The summed E-state index contributed by atoms with van der Waals surface area (Å²) in [5.74, 6) is -0.952. The van der Waals surface area contributed by atoms with Gasteiger partial charge in [0.1, 0.15) is 11.3 Å². The lowest BCUT2D eigenvalue weighted by Gasteiger charge is -2.08. The predicted molar refractivity (Wildman–Crippen MR) is 95.7 cm³/mol.